The van der Waals surface area contributed by atoms with Gasteiger partial charge in [-0.3, -0.25) is 4.99 Å². The van der Waals surface area contributed by atoms with Crippen molar-refractivity contribution in [2.24, 2.45) is 4.99 Å². The molecule has 108 valence electrons. The first-order chi connectivity index (χ1) is 10.3. The van der Waals surface area contributed by atoms with Crippen molar-refractivity contribution in [3.63, 3.8) is 0 Å². The second kappa shape index (κ2) is 6.81. The smallest absolute Gasteiger partial charge is 0.107 e. The minimum Gasteiger partial charge on any atom is -0.368 e. The molecule has 0 radical (unpaired) electrons. The minimum atomic E-state index is 0.249. The first-order valence-electron chi connectivity index (χ1n) is 7.33. The third-order valence-corrected chi connectivity index (χ3v) is 4.67. The summed E-state index contributed by atoms with van der Waals surface area (Å²) in [4.78, 5) is 4.86. The van der Waals surface area contributed by atoms with Gasteiger partial charge in [0.1, 0.15) is 5.84 Å². The monoisotopic (exact) mass is 296 g/mol. The van der Waals surface area contributed by atoms with Gasteiger partial charge in [0, 0.05) is 5.75 Å². The number of aliphatic imine (C=N–C) groups is 1. The summed E-state index contributed by atoms with van der Waals surface area (Å²) in [6, 6.07) is 21.7. The van der Waals surface area contributed by atoms with E-state index in [2.05, 4.69) is 72.9 Å². The van der Waals surface area contributed by atoms with Gasteiger partial charge in [-0.15, -0.1) is 11.8 Å². The van der Waals surface area contributed by atoms with Gasteiger partial charge in [0.2, 0.25) is 0 Å². The number of benzene rings is 2. The molecule has 0 amide bonds. The first kappa shape index (κ1) is 14.2. The third kappa shape index (κ3) is 3.67. The summed E-state index contributed by atoms with van der Waals surface area (Å²) < 4.78 is 0. The van der Waals surface area contributed by atoms with E-state index >= 15 is 0 Å². The second-order valence-corrected chi connectivity index (χ2v) is 6.33. The van der Waals surface area contributed by atoms with Gasteiger partial charge in [-0.05, 0) is 18.1 Å². The van der Waals surface area contributed by atoms with E-state index in [4.69, 9.17) is 4.99 Å². The average Bonchev–Trinajstić information content (AvgIpc) is 2.90. The zero-order valence-corrected chi connectivity index (χ0v) is 13.0. The maximum absolute atomic E-state index is 4.86. The Morgan fingerprint density at radius 1 is 0.952 bits per heavy atom. The van der Waals surface area contributed by atoms with Crippen LogP contribution in [0.2, 0.25) is 0 Å². The molecule has 2 atom stereocenters. The SMILES string of the molecule is C[C@@H]1NC(CSCc2ccccc2)=N[C@@H]1c1ccccc1. The highest BCUT2D eigenvalue weighted by molar-refractivity contribution is 7.99. The average molecular weight is 296 g/mol. The Hall–Kier alpha value is -1.74. The lowest BCUT2D eigenvalue weighted by Gasteiger charge is -2.13. The summed E-state index contributed by atoms with van der Waals surface area (Å²) in [6.45, 7) is 2.20. The fourth-order valence-corrected chi connectivity index (χ4v) is 3.47. The van der Waals surface area contributed by atoms with E-state index < -0.39 is 0 Å². The molecule has 0 bridgehead atoms. The lowest BCUT2D eigenvalue weighted by Crippen LogP contribution is -2.29. The summed E-state index contributed by atoms with van der Waals surface area (Å²) in [7, 11) is 0. The van der Waals surface area contributed by atoms with Crippen molar-refractivity contribution < 1.29 is 0 Å². The van der Waals surface area contributed by atoms with Crippen LogP contribution < -0.4 is 5.32 Å². The number of hydrogen-bond acceptors (Lipinski definition) is 3. The van der Waals surface area contributed by atoms with Crippen LogP contribution in [0.15, 0.2) is 65.7 Å². The van der Waals surface area contributed by atoms with Crippen molar-refractivity contribution in [3.05, 3.63) is 71.8 Å². The van der Waals surface area contributed by atoms with Crippen LogP contribution in [-0.2, 0) is 5.75 Å². The molecular weight excluding hydrogens is 276 g/mol. The van der Waals surface area contributed by atoms with Crippen molar-refractivity contribution >= 4 is 17.6 Å². The number of rotatable bonds is 5. The Morgan fingerprint density at radius 2 is 1.62 bits per heavy atom. The first-order valence-corrected chi connectivity index (χ1v) is 8.48. The molecular formula is C18H20N2S. The van der Waals surface area contributed by atoms with Crippen LogP contribution in [-0.4, -0.2) is 17.6 Å². The quantitative estimate of drug-likeness (QED) is 0.900. The molecule has 1 N–H and O–H groups in total. The highest BCUT2D eigenvalue weighted by Crippen LogP contribution is 2.26. The molecule has 1 aliphatic rings. The Balaban J connectivity index is 1.57. The van der Waals surface area contributed by atoms with E-state index in [1.165, 1.54) is 11.1 Å². The molecule has 3 rings (SSSR count). The lowest BCUT2D eigenvalue weighted by atomic mass is 10.0. The topological polar surface area (TPSA) is 24.4 Å². The molecule has 0 unspecified atom stereocenters. The lowest BCUT2D eigenvalue weighted by molar-refractivity contribution is 0.588. The van der Waals surface area contributed by atoms with Crippen molar-refractivity contribution in [1.82, 2.24) is 5.32 Å². The molecule has 1 aliphatic heterocycles. The molecule has 21 heavy (non-hydrogen) atoms. The van der Waals surface area contributed by atoms with Crippen LogP contribution in [0, 0.1) is 0 Å². The van der Waals surface area contributed by atoms with Crippen LogP contribution >= 0.6 is 11.8 Å². The summed E-state index contributed by atoms with van der Waals surface area (Å²) in [5.41, 5.74) is 2.66. The van der Waals surface area contributed by atoms with E-state index in [1.54, 1.807) is 0 Å². The number of nitrogens with zero attached hydrogens (tertiary/aromatic N) is 1. The maximum atomic E-state index is 4.86. The molecule has 0 spiro atoms. The van der Waals surface area contributed by atoms with Crippen LogP contribution in [0.3, 0.4) is 0 Å². The summed E-state index contributed by atoms with van der Waals surface area (Å²) in [5.74, 6) is 3.10. The fraction of sp³-hybridized carbons (Fsp3) is 0.278. The summed E-state index contributed by atoms with van der Waals surface area (Å²) >= 11 is 1.91. The van der Waals surface area contributed by atoms with E-state index in [1.807, 2.05) is 11.8 Å². The molecule has 0 aliphatic carbocycles. The van der Waals surface area contributed by atoms with Gasteiger partial charge in [0.05, 0.1) is 17.8 Å². The normalized spacial score (nSPS) is 20.9. The molecule has 0 saturated carbocycles. The summed E-state index contributed by atoms with van der Waals surface area (Å²) in [5, 5.41) is 3.52. The third-order valence-electron chi connectivity index (χ3n) is 3.65. The van der Waals surface area contributed by atoms with Crippen molar-refractivity contribution in [3.8, 4) is 0 Å². The Bertz CT molecular complexity index is 595. The standard InChI is InChI=1S/C18H20N2S/c1-14-18(16-10-6-3-7-11-16)20-17(19-14)13-21-12-15-8-4-2-5-9-15/h2-11,14,18H,12-13H2,1H3,(H,19,20)/t14-,18-/m0/s1. The molecule has 0 saturated heterocycles. The highest BCUT2D eigenvalue weighted by atomic mass is 32.2. The van der Waals surface area contributed by atoms with E-state index in [0.29, 0.717) is 6.04 Å². The molecule has 2 aromatic rings. The maximum Gasteiger partial charge on any atom is 0.107 e. The van der Waals surface area contributed by atoms with E-state index in [-0.39, 0.29) is 6.04 Å². The fourth-order valence-electron chi connectivity index (χ4n) is 2.59. The molecule has 1 heterocycles. The van der Waals surface area contributed by atoms with Crippen molar-refractivity contribution in [2.45, 2.75) is 24.8 Å². The molecule has 2 aromatic carbocycles. The Morgan fingerprint density at radius 3 is 2.33 bits per heavy atom. The van der Waals surface area contributed by atoms with Gasteiger partial charge in [-0.1, -0.05) is 60.7 Å². The van der Waals surface area contributed by atoms with E-state index in [9.17, 15) is 0 Å². The molecule has 2 nitrogen and oxygen atoms in total. The predicted molar refractivity (Wildman–Crippen MR) is 91.8 cm³/mol. The van der Waals surface area contributed by atoms with Gasteiger partial charge >= 0.3 is 0 Å². The Labute approximate surface area is 130 Å². The van der Waals surface area contributed by atoms with Gasteiger partial charge < -0.3 is 5.32 Å². The van der Waals surface area contributed by atoms with E-state index in [0.717, 1.165) is 17.3 Å². The molecule has 3 heteroatoms. The number of thioether (sulfide) groups is 1. The highest BCUT2D eigenvalue weighted by Gasteiger charge is 2.25. The van der Waals surface area contributed by atoms with Gasteiger partial charge in [-0.25, -0.2) is 0 Å². The van der Waals surface area contributed by atoms with Crippen molar-refractivity contribution in [1.29, 1.82) is 0 Å². The number of nitrogens with one attached hydrogen (secondary N) is 1. The molecule has 0 fully saturated rings. The van der Waals surface area contributed by atoms with Gasteiger partial charge in [0.15, 0.2) is 0 Å². The van der Waals surface area contributed by atoms with Crippen LogP contribution in [0.4, 0.5) is 0 Å². The largest absolute Gasteiger partial charge is 0.368 e. The Kier molecular flexibility index (Phi) is 4.61. The predicted octanol–water partition coefficient (Wildman–Crippen LogP) is 4.05. The molecule has 0 aromatic heterocycles. The van der Waals surface area contributed by atoms with Gasteiger partial charge in [0.25, 0.3) is 0 Å². The zero-order chi connectivity index (χ0) is 14.5. The van der Waals surface area contributed by atoms with Crippen LogP contribution in [0.5, 0.6) is 0 Å². The minimum absolute atomic E-state index is 0.249. The number of hydrogen-bond donors (Lipinski definition) is 1. The van der Waals surface area contributed by atoms with Crippen LogP contribution in [0.1, 0.15) is 24.1 Å². The van der Waals surface area contributed by atoms with Crippen molar-refractivity contribution in [2.75, 3.05) is 5.75 Å². The van der Waals surface area contributed by atoms with Gasteiger partial charge in [-0.2, -0.15) is 0 Å². The zero-order valence-electron chi connectivity index (χ0n) is 12.2. The second-order valence-electron chi connectivity index (χ2n) is 5.34. The van der Waals surface area contributed by atoms with Crippen LogP contribution in [0.25, 0.3) is 0 Å². The summed E-state index contributed by atoms with van der Waals surface area (Å²) in [6.07, 6.45) is 0. The number of amidine groups is 1.